The van der Waals surface area contributed by atoms with Gasteiger partial charge in [-0.1, -0.05) is 18.2 Å². The highest BCUT2D eigenvalue weighted by molar-refractivity contribution is 5.78. The van der Waals surface area contributed by atoms with Gasteiger partial charge < -0.3 is 9.47 Å². The Bertz CT molecular complexity index is 903. The Balaban J connectivity index is 1.56. The van der Waals surface area contributed by atoms with E-state index < -0.39 is 0 Å². The zero-order valence-electron chi connectivity index (χ0n) is 15.1. The Morgan fingerprint density at radius 2 is 2.04 bits per heavy atom. The fourth-order valence-electron chi connectivity index (χ4n) is 3.94. The van der Waals surface area contributed by atoms with Crippen LogP contribution in [0.4, 0.5) is 0 Å². The molecule has 0 saturated carbocycles. The van der Waals surface area contributed by atoms with Crippen molar-refractivity contribution in [3.63, 3.8) is 0 Å². The molecule has 0 N–H and O–H groups in total. The standard InChI is InChI=1S/C21H24N4O/c1-2-24-18-10-4-3-9-17(18)23-21(24)19-11-7-15-25(19)20(26)13-12-16-8-5-6-14-22-16/h3-6,8-10,14,19H,2,7,11-13,15H2,1H3/t19-/m0/s1. The van der Waals surface area contributed by atoms with E-state index in [0.29, 0.717) is 12.8 Å². The average Bonchev–Trinajstić information content (AvgIpc) is 3.31. The Hall–Kier alpha value is -2.69. The Labute approximate surface area is 153 Å². The lowest BCUT2D eigenvalue weighted by molar-refractivity contribution is -0.132. The molecule has 1 fully saturated rings. The summed E-state index contributed by atoms with van der Waals surface area (Å²) in [5, 5.41) is 0. The van der Waals surface area contributed by atoms with Crippen molar-refractivity contribution in [2.24, 2.45) is 0 Å². The minimum Gasteiger partial charge on any atom is -0.332 e. The molecule has 2 aromatic heterocycles. The van der Waals surface area contributed by atoms with Crippen molar-refractivity contribution in [3.05, 3.63) is 60.2 Å². The second kappa shape index (κ2) is 7.28. The number of aryl methyl sites for hydroxylation is 2. The lowest BCUT2D eigenvalue weighted by Gasteiger charge is -2.25. The van der Waals surface area contributed by atoms with Crippen molar-refractivity contribution in [1.82, 2.24) is 19.4 Å². The number of hydrogen-bond donors (Lipinski definition) is 0. The number of fused-ring (bicyclic) bond motifs is 1. The number of likely N-dealkylation sites (tertiary alicyclic amines) is 1. The number of pyridine rings is 1. The number of carbonyl (C=O) groups excluding carboxylic acids is 1. The van der Waals surface area contributed by atoms with Gasteiger partial charge >= 0.3 is 0 Å². The van der Waals surface area contributed by atoms with E-state index in [4.69, 9.17) is 4.98 Å². The Kier molecular flexibility index (Phi) is 4.69. The highest BCUT2D eigenvalue weighted by Crippen LogP contribution is 2.34. The summed E-state index contributed by atoms with van der Waals surface area (Å²) in [5.41, 5.74) is 3.13. The molecule has 1 aromatic carbocycles. The Morgan fingerprint density at radius 3 is 2.85 bits per heavy atom. The molecule has 3 heterocycles. The summed E-state index contributed by atoms with van der Waals surface area (Å²) in [5.74, 6) is 1.23. The molecule has 26 heavy (non-hydrogen) atoms. The summed E-state index contributed by atoms with van der Waals surface area (Å²) < 4.78 is 2.25. The number of aromatic nitrogens is 3. The van der Waals surface area contributed by atoms with Crippen LogP contribution in [0.1, 0.15) is 43.7 Å². The molecular formula is C21H24N4O. The highest BCUT2D eigenvalue weighted by Gasteiger charge is 2.33. The summed E-state index contributed by atoms with van der Waals surface area (Å²) in [4.78, 5) is 24.1. The van der Waals surface area contributed by atoms with Gasteiger partial charge in [-0.05, 0) is 50.5 Å². The molecule has 1 aliphatic heterocycles. The molecule has 5 heteroatoms. The summed E-state index contributed by atoms with van der Waals surface area (Å²) in [6, 6.07) is 14.1. The van der Waals surface area contributed by atoms with E-state index in [9.17, 15) is 4.79 Å². The quantitative estimate of drug-likeness (QED) is 0.706. The second-order valence-corrected chi connectivity index (χ2v) is 6.77. The predicted octanol–water partition coefficient (Wildman–Crippen LogP) is 3.75. The van der Waals surface area contributed by atoms with Crippen LogP contribution < -0.4 is 0 Å². The number of imidazole rings is 1. The van der Waals surface area contributed by atoms with E-state index in [-0.39, 0.29) is 11.9 Å². The Morgan fingerprint density at radius 1 is 1.19 bits per heavy atom. The van der Waals surface area contributed by atoms with Gasteiger partial charge in [0.1, 0.15) is 5.82 Å². The molecule has 1 aliphatic rings. The van der Waals surface area contributed by atoms with E-state index in [1.54, 1.807) is 6.20 Å². The number of nitrogens with zero attached hydrogens (tertiary/aromatic N) is 4. The number of benzene rings is 1. The van der Waals surface area contributed by atoms with Crippen molar-refractivity contribution in [2.75, 3.05) is 6.54 Å². The summed E-state index contributed by atoms with van der Waals surface area (Å²) in [6.07, 6.45) is 4.99. The third-order valence-corrected chi connectivity index (χ3v) is 5.19. The van der Waals surface area contributed by atoms with Crippen molar-refractivity contribution in [2.45, 2.75) is 45.2 Å². The zero-order valence-corrected chi connectivity index (χ0v) is 15.1. The van der Waals surface area contributed by atoms with Gasteiger partial charge in [-0.25, -0.2) is 4.98 Å². The van der Waals surface area contributed by atoms with Gasteiger partial charge in [0.05, 0.1) is 17.1 Å². The minimum atomic E-state index is 0.0820. The van der Waals surface area contributed by atoms with Crippen LogP contribution in [0.3, 0.4) is 0 Å². The molecule has 1 amide bonds. The normalized spacial score (nSPS) is 17.1. The molecule has 0 bridgehead atoms. The molecule has 4 rings (SSSR count). The maximum absolute atomic E-state index is 12.9. The molecule has 1 saturated heterocycles. The van der Waals surface area contributed by atoms with Crippen LogP contribution in [-0.2, 0) is 17.8 Å². The van der Waals surface area contributed by atoms with Crippen LogP contribution in [0, 0.1) is 0 Å². The maximum atomic E-state index is 12.9. The summed E-state index contributed by atoms with van der Waals surface area (Å²) >= 11 is 0. The van der Waals surface area contributed by atoms with Crippen LogP contribution in [-0.4, -0.2) is 31.9 Å². The number of rotatable bonds is 5. The molecule has 134 valence electrons. The van der Waals surface area contributed by atoms with Crippen molar-refractivity contribution in [1.29, 1.82) is 0 Å². The summed E-state index contributed by atoms with van der Waals surface area (Å²) in [6.45, 7) is 3.82. The van der Waals surface area contributed by atoms with Crippen LogP contribution in [0.5, 0.6) is 0 Å². The van der Waals surface area contributed by atoms with Gasteiger partial charge in [0.2, 0.25) is 5.91 Å². The van der Waals surface area contributed by atoms with E-state index >= 15 is 0 Å². The minimum absolute atomic E-state index is 0.0820. The number of para-hydroxylation sites is 2. The van der Waals surface area contributed by atoms with Gasteiger partial charge in [-0.3, -0.25) is 9.78 Å². The molecule has 0 spiro atoms. The lowest BCUT2D eigenvalue weighted by Crippen LogP contribution is -2.32. The van der Waals surface area contributed by atoms with Crippen LogP contribution in [0.25, 0.3) is 11.0 Å². The third-order valence-electron chi connectivity index (χ3n) is 5.19. The van der Waals surface area contributed by atoms with Crippen LogP contribution in [0.2, 0.25) is 0 Å². The van der Waals surface area contributed by atoms with Crippen molar-refractivity contribution < 1.29 is 4.79 Å². The fourth-order valence-corrected chi connectivity index (χ4v) is 3.94. The van der Waals surface area contributed by atoms with E-state index in [1.807, 2.05) is 41.3 Å². The molecule has 0 aliphatic carbocycles. The van der Waals surface area contributed by atoms with Crippen LogP contribution >= 0.6 is 0 Å². The van der Waals surface area contributed by atoms with E-state index in [1.165, 1.54) is 0 Å². The first-order chi connectivity index (χ1) is 12.8. The fraction of sp³-hybridized carbons (Fsp3) is 0.381. The first-order valence-corrected chi connectivity index (χ1v) is 9.42. The van der Waals surface area contributed by atoms with Gasteiger partial charge in [0, 0.05) is 31.4 Å². The largest absolute Gasteiger partial charge is 0.332 e. The second-order valence-electron chi connectivity index (χ2n) is 6.77. The lowest BCUT2D eigenvalue weighted by atomic mass is 10.1. The number of hydrogen-bond acceptors (Lipinski definition) is 3. The van der Waals surface area contributed by atoms with Crippen molar-refractivity contribution >= 4 is 16.9 Å². The molecule has 0 radical (unpaired) electrons. The van der Waals surface area contributed by atoms with Gasteiger partial charge in [-0.2, -0.15) is 0 Å². The first-order valence-electron chi connectivity index (χ1n) is 9.42. The average molecular weight is 348 g/mol. The molecule has 5 nitrogen and oxygen atoms in total. The molecular weight excluding hydrogens is 324 g/mol. The monoisotopic (exact) mass is 348 g/mol. The first kappa shape index (κ1) is 16.8. The maximum Gasteiger partial charge on any atom is 0.223 e. The summed E-state index contributed by atoms with van der Waals surface area (Å²) in [7, 11) is 0. The predicted molar refractivity (Wildman–Crippen MR) is 102 cm³/mol. The smallest absolute Gasteiger partial charge is 0.223 e. The zero-order chi connectivity index (χ0) is 17.9. The highest BCUT2D eigenvalue weighted by atomic mass is 16.2. The SMILES string of the molecule is CCn1c([C@@H]2CCCN2C(=O)CCc2ccccn2)nc2ccccc21. The van der Waals surface area contributed by atoms with E-state index in [0.717, 1.165) is 48.5 Å². The van der Waals surface area contributed by atoms with Gasteiger partial charge in [0.25, 0.3) is 0 Å². The van der Waals surface area contributed by atoms with Crippen molar-refractivity contribution in [3.8, 4) is 0 Å². The van der Waals surface area contributed by atoms with Crippen LogP contribution in [0.15, 0.2) is 48.7 Å². The molecule has 3 aromatic rings. The van der Waals surface area contributed by atoms with Gasteiger partial charge in [-0.15, -0.1) is 0 Å². The molecule has 0 unspecified atom stereocenters. The van der Waals surface area contributed by atoms with Gasteiger partial charge in [0.15, 0.2) is 0 Å². The molecule has 1 atom stereocenters. The number of carbonyl (C=O) groups is 1. The topological polar surface area (TPSA) is 51.0 Å². The van der Waals surface area contributed by atoms with E-state index in [2.05, 4.69) is 22.5 Å². The third kappa shape index (κ3) is 3.09. The number of amides is 1.